The number of carbonyl (C=O) groups is 1. The number of hydrogen-bond acceptors (Lipinski definition) is 3. The fraction of sp³-hybridized carbons (Fsp3) is 0.421. The molecule has 0 saturated carbocycles. The van der Waals surface area contributed by atoms with E-state index in [0.29, 0.717) is 12.5 Å². The van der Waals surface area contributed by atoms with Gasteiger partial charge in [0, 0.05) is 30.5 Å². The Hall–Kier alpha value is -2.23. The van der Waals surface area contributed by atoms with Crippen molar-refractivity contribution in [3.63, 3.8) is 0 Å². The lowest BCUT2D eigenvalue weighted by atomic mass is 9.98. The zero-order valence-electron chi connectivity index (χ0n) is 13.6. The minimum atomic E-state index is 0.257. The monoisotopic (exact) mass is 309 g/mol. The molecule has 0 N–H and O–H groups in total. The van der Waals surface area contributed by atoms with Crippen molar-refractivity contribution in [3.05, 3.63) is 48.5 Å². The summed E-state index contributed by atoms with van der Waals surface area (Å²) in [6, 6.07) is 8.57. The van der Waals surface area contributed by atoms with Gasteiger partial charge < -0.3 is 4.90 Å². The summed E-state index contributed by atoms with van der Waals surface area (Å²) < 4.78 is 0. The maximum absolute atomic E-state index is 12.6. The first-order valence-corrected chi connectivity index (χ1v) is 8.41. The van der Waals surface area contributed by atoms with E-state index in [1.165, 1.54) is 12.7 Å². The minimum absolute atomic E-state index is 0.257. The third-order valence-electron chi connectivity index (χ3n) is 4.62. The normalized spacial score (nSPS) is 18.0. The van der Waals surface area contributed by atoms with E-state index in [0.717, 1.165) is 42.5 Å². The lowest BCUT2D eigenvalue weighted by Gasteiger charge is -2.35. The molecule has 0 spiro atoms. The average Bonchev–Trinajstić information content (AvgIpc) is 2.63. The van der Waals surface area contributed by atoms with Crippen LogP contribution in [0.2, 0.25) is 0 Å². The molecule has 1 unspecified atom stereocenters. The molecule has 3 rings (SSSR count). The summed E-state index contributed by atoms with van der Waals surface area (Å²) in [6.45, 7) is 3.09. The van der Waals surface area contributed by atoms with Crippen molar-refractivity contribution in [2.75, 3.05) is 6.54 Å². The topological polar surface area (TPSA) is 46.1 Å². The smallest absolute Gasteiger partial charge is 0.227 e. The van der Waals surface area contributed by atoms with Crippen molar-refractivity contribution in [1.29, 1.82) is 0 Å². The molecule has 0 bridgehead atoms. The predicted octanol–water partition coefficient (Wildman–Crippen LogP) is 3.48. The Bertz CT molecular complexity index is 639. The first kappa shape index (κ1) is 15.7. The zero-order valence-corrected chi connectivity index (χ0v) is 13.6. The summed E-state index contributed by atoms with van der Waals surface area (Å²) in [4.78, 5) is 22.8. The molecule has 1 aliphatic rings. The van der Waals surface area contributed by atoms with Gasteiger partial charge in [-0.2, -0.15) is 0 Å². The van der Waals surface area contributed by atoms with Crippen molar-refractivity contribution in [2.45, 2.75) is 45.1 Å². The molecular formula is C19H23N3O. The molecule has 1 aromatic carbocycles. The third kappa shape index (κ3) is 3.76. The van der Waals surface area contributed by atoms with Crippen LogP contribution in [0.3, 0.4) is 0 Å². The van der Waals surface area contributed by atoms with Crippen LogP contribution < -0.4 is 0 Å². The number of likely N-dealkylation sites (tertiary alicyclic amines) is 1. The van der Waals surface area contributed by atoms with E-state index in [-0.39, 0.29) is 5.91 Å². The lowest BCUT2D eigenvalue weighted by Crippen LogP contribution is -2.44. The van der Waals surface area contributed by atoms with Gasteiger partial charge in [-0.15, -0.1) is 0 Å². The van der Waals surface area contributed by atoms with Crippen LogP contribution in [0.4, 0.5) is 0 Å². The number of nitrogens with zero attached hydrogens (tertiary/aromatic N) is 3. The fourth-order valence-electron chi connectivity index (χ4n) is 3.29. The van der Waals surface area contributed by atoms with E-state index in [9.17, 15) is 4.79 Å². The molecule has 120 valence electrons. The Morgan fingerprint density at radius 1 is 1.13 bits per heavy atom. The Labute approximate surface area is 137 Å². The molecule has 1 amide bonds. The van der Waals surface area contributed by atoms with Crippen LogP contribution in [0, 0.1) is 0 Å². The van der Waals surface area contributed by atoms with E-state index in [1.54, 1.807) is 12.4 Å². The van der Waals surface area contributed by atoms with Crippen LogP contribution in [0.5, 0.6) is 0 Å². The van der Waals surface area contributed by atoms with E-state index in [4.69, 9.17) is 0 Å². The molecule has 1 aliphatic heterocycles. The van der Waals surface area contributed by atoms with Crippen LogP contribution in [0.25, 0.3) is 11.1 Å². The second kappa shape index (κ2) is 7.36. The summed E-state index contributed by atoms with van der Waals surface area (Å²) in [6.07, 6.45) is 10.2. The average molecular weight is 309 g/mol. The molecule has 1 atom stereocenters. The molecule has 4 nitrogen and oxygen atoms in total. The minimum Gasteiger partial charge on any atom is -0.339 e. The largest absolute Gasteiger partial charge is 0.339 e. The van der Waals surface area contributed by atoms with Crippen molar-refractivity contribution < 1.29 is 4.79 Å². The number of carbonyl (C=O) groups excluding carboxylic acids is 1. The van der Waals surface area contributed by atoms with E-state index < -0.39 is 0 Å². The Balaban J connectivity index is 1.67. The van der Waals surface area contributed by atoms with Gasteiger partial charge in [0.2, 0.25) is 5.91 Å². The Morgan fingerprint density at radius 2 is 1.87 bits per heavy atom. The van der Waals surface area contributed by atoms with Crippen LogP contribution >= 0.6 is 0 Å². The van der Waals surface area contributed by atoms with E-state index >= 15 is 0 Å². The van der Waals surface area contributed by atoms with Gasteiger partial charge in [0.15, 0.2) is 0 Å². The van der Waals surface area contributed by atoms with Crippen molar-refractivity contribution >= 4 is 5.91 Å². The van der Waals surface area contributed by atoms with Crippen molar-refractivity contribution in [3.8, 4) is 11.1 Å². The van der Waals surface area contributed by atoms with Gasteiger partial charge in [-0.1, -0.05) is 31.2 Å². The van der Waals surface area contributed by atoms with Crippen molar-refractivity contribution in [2.24, 2.45) is 0 Å². The van der Waals surface area contributed by atoms with Crippen LogP contribution in [0.1, 0.15) is 38.2 Å². The zero-order chi connectivity index (χ0) is 16.1. The summed E-state index contributed by atoms with van der Waals surface area (Å²) in [5.74, 6) is 0.257. The second-order valence-corrected chi connectivity index (χ2v) is 6.15. The van der Waals surface area contributed by atoms with E-state index in [1.807, 2.05) is 24.3 Å². The highest BCUT2D eigenvalue weighted by Gasteiger charge is 2.24. The second-order valence-electron chi connectivity index (χ2n) is 6.15. The van der Waals surface area contributed by atoms with Gasteiger partial charge >= 0.3 is 0 Å². The highest BCUT2D eigenvalue weighted by Crippen LogP contribution is 2.22. The van der Waals surface area contributed by atoms with E-state index in [2.05, 4.69) is 21.8 Å². The SMILES string of the molecule is CCC1CCCCN1C(=O)Cc1ccc(-c2cncnc2)cc1. The predicted molar refractivity (Wildman–Crippen MR) is 90.8 cm³/mol. The number of hydrogen-bond donors (Lipinski definition) is 0. The van der Waals surface area contributed by atoms with Crippen LogP contribution in [0.15, 0.2) is 43.0 Å². The maximum atomic E-state index is 12.6. The van der Waals surface area contributed by atoms with Gasteiger partial charge in [-0.25, -0.2) is 9.97 Å². The van der Waals surface area contributed by atoms with Gasteiger partial charge in [0.05, 0.1) is 6.42 Å². The quantitative estimate of drug-likeness (QED) is 0.868. The molecule has 2 aromatic rings. The van der Waals surface area contributed by atoms with Crippen molar-refractivity contribution in [1.82, 2.24) is 14.9 Å². The number of aromatic nitrogens is 2. The highest BCUT2D eigenvalue weighted by atomic mass is 16.2. The first-order chi connectivity index (χ1) is 11.3. The van der Waals surface area contributed by atoms with Crippen LogP contribution in [-0.4, -0.2) is 33.4 Å². The van der Waals surface area contributed by atoms with Gasteiger partial charge in [-0.3, -0.25) is 4.79 Å². The molecule has 0 aliphatic carbocycles. The number of piperidine rings is 1. The molecule has 1 fully saturated rings. The summed E-state index contributed by atoms with van der Waals surface area (Å²) >= 11 is 0. The number of benzene rings is 1. The fourth-order valence-corrected chi connectivity index (χ4v) is 3.29. The number of amides is 1. The molecular weight excluding hydrogens is 286 g/mol. The molecule has 0 radical (unpaired) electrons. The lowest BCUT2D eigenvalue weighted by molar-refractivity contribution is -0.134. The molecule has 1 saturated heterocycles. The third-order valence-corrected chi connectivity index (χ3v) is 4.62. The Morgan fingerprint density at radius 3 is 2.57 bits per heavy atom. The summed E-state index contributed by atoms with van der Waals surface area (Å²) in [7, 11) is 0. The molecule has 1 aromatic heterocycles. The summed E-state index contributed by atoms with van der Waals surface area (Å²) in [5.41, 5.74) is 3.13. The first-order valence-electron chi connectivity index (χ1n) is 8.41. The maximum Gasteiger partial charge on any atom is 0.227 e. The molecule has 4 heteroatoms. The number of rotatable bonds is 4. The van der Waals surface area contributed by atoms with Gasteiger partial charge in [0.1, 0.15) is 6.33 Å². The Kier molecular flexibility index (Phi) is 5.01. The molecule has 23 heavy (non-hydrogen) atoms. The van der Waals surface area contributed by atoms with Crippen LogP contribution in [-0.2, 0) is 11.2 Å². The standard InChI is InChI=1S/C19H23N3O/c1-2-18-5-3-4-10-22(18)19(23)11-15-6-8-16(9-7-15)17-12-20-14-21-13-17/h6-9,12-14,18H,2-5,10-11H2,1H3. The van der Waals surface area contributed by atoms with Gasteiger partial charge in [0.25, 0.3) is 0 Å². The highest BCUT2D eigenvalue weighted by molar-refractivity contribution is 5.79. The summed E-state index contributed by atoms with van der Waals surface area (Å²) in [5, 5.41) is 0. The molecule has 2 heterocycles. The van der Waals surface area contributed by atoms with Gasteiger partial charge in [-0.05, 0) is 36.8 Å².